The second kappa shape index (κ2) is 6.10. The van der Waals surface area contributed by atoms with Crippen LogP contribution in [-0.2, 0) is 0 Å². The maximum atomic E-state index is 3.89. The van der Waals surface area contributed by atoms with E-state index in [0.29, 0.717) is 17.6 Å². The first-order valence-electron chi connectivity index (χ1n) is 8.70. The van der Waals surface area contributed by atoms with Crippen molar-refractivity contribution in [2.75, 3.05) is 13.1 Å². The molecule has 116 valence electrons. The van der Waals surface area contributed by atoms with Gasteiger partial charge in [-0.2, -0.15) is 0 Å². The second-order valence-corrected chi connectivity index (χ2v) is 7.31. The molecule has 2 aliphatic rings. The normalized spacial score (nSPS) is 32.0. The molecule has 2 heteroatoms. The summed E-state index contributed by atoms with van der Waals surface area (Å²) in [6, 6.07) is 12.2. The van der Waals surface area contributed by atoms with E-state index in [1.54, 1.807) is 0 Å². The van der Waals surface area contributed by atoms with Crippen LogP contribution < -0.4 is 5.32 Å². The zero-order chi connectivity index (χ0) is 14.9. The summed E-state index contributed by atoms with van der Waals surface area (Å²) in [7, 11) is 0. The van der Waals surface area contributed by atoms with Crippen molar-refractivity contribution in [2.45, 2.75) is 64.1 Å². The van der Waals surface area contributed by atoms with Crippen molar-refractivity contribution >= 4 is 0 Å². The van der Waals surface area contributed by atoms with Crippen molar-refractivity contribution < 1.29 is 0 Å². The van der Waals surface area contributed by atoms with Crippen molar-refractivity contribution in [3.05, 3.63) is 35.9 Å². The van der Waals surface area contributed by atoms with E-state index in [-0.39, 0.29) is 0 Å². The van der Waals surface area contributed by atoms with E-state index >= 15 is 0 Å². The van der Waals surface area contributed by atoms with Gasteiger partial charge in [-0.1, -0.05) is 43.7 Å². The topological polar surface area (TPSA) is 15.3 Å². The van der Waals surface area contributed by atoms with Crippen LogP contribution in [0.15, 0.2) is 30.3 Å². The third-order valence-corrected chi connectivity index (χ3v) is 5.55. The van der Waals surface area contributed by atoms with E-state index < -0.39 is 0 Å². The molecule has 2 fully saturated rings. The Bertz CT molecular complexity index is 454. The minimum absolute atomic E-state index is 0.327. The van der Waals surface area contributed by atoms with Gasteiger partial charge in [-0.15, -0.1) is 0 Å². The van der Waals surface area contributed by atoms with Gasteiger partial charge in [0.05, 0.1) is 0 Å². The van der Waals surface area contributed by atoms with Crippen molar-refractivity contribution in [3.63, 3.8) is 0 Å². The van der Waals surface area contributed by atoms with E-state index in [9.17, 15) is 0 Å². The van der Waals surface area contributed by atoms with Crippen LogP contribution >= 0.6 is 0 Å². The molecule has 3 atom stereocenters. The van der Waals surface area contributed by atoms with Crippen LogP contribution in [0.3, 0.4) is 0 Å². The standard InChI is InChI=1S/C19H30N2/c1-4-8-15(2)21-14-19(3,17-11-12-17)20-13-18(21)16-9-6-5-7-10-16/h5-7,9-10,15,17-18,20H,4,8,11-14H2,1-3H3. The molecule has 0 amide bonds. The molecular weight excluding hydrogens is 256 g/mol. The average molecular weight is 286 g/mol. The molecule has 1 saturated heterocycles. The first-order chi connectivity index (χ1) is 10.1. The van der Waals surface area contributed by atoms with Gasteiger partial charge in [0.15, 0.2) is 0 Å². The van der Waals surface area contributed by atoms with Crippen LogP contribution in [0.4, 0.5) is 0 Å². The Morgan fingerprint density at radius 1 is 1.29 bits per heavy atom. The third-order valence-electron chi connectivity index (χ3n) is 5.55. The zero-order valence-electron chi connectivity index (χ0n) is 13.8. The Hall–Kier alpha value is -0.860. The van der Waals surface area contributed by atoms with E-state index in [1.807, 2.05) is 0 Å². The van der Waals surface area contributed by atoms with Crippen molar-refractivity contribution in [1.29, 1.82) is 0 Å². The smallest absolute Gasteiger partial charge is 0.0476 e. The molecule has 0 spiro atoms. The van der Waals surface area contributed by atoms with Gasteiger partial charge in [-0.25, -0.2) is 0 Å². The lowest BCUT2D eigenvalue weighted by atomic mass is 9.87. The Morgan fingerprint density at radius 2 is 2.00 bits per heavy atom. The van der Waals surface area contributed by atoms with Crippen LogP contribution in [0.25, 0.3) is 0 Å². The van der Waals surface area contributed by atoms with E-state index in [2.05, 4.69) is 61.3 Å². The number of piperazine rings is 1. The van der Waals surface area contributed by atoms with Crippen LogP contribution in [0.5, 0.6) is 0 Å². The number of rotatable bonds is 5. The van der Waals surface area contributed by atoms with Gasteiger partial charge < -0.3 is 5.32 Å². The number of hydrogen-bond acceptors (Lipinski definition) is 2. The Morgan fingerprint density at radius 3 is 2.62 bits per heavy atom. The highest BCUT2D eigenvalue weighted by molar-refractivity contribution is 5.22. The fraction of sp³-hybridized carbons (Fsp3) is 0.684. The lowest BCUT2D eigenvalue weighted by Crippen LogP contribution is -2.62. The molecule has 3 rings (SSSR count). The lowest BCUT2D eigenvalue weighted by molar-refractivity contribution is 0.0402. The summed E-state index contributed by atoms with van der Waals surface area (Å²) in [6.45, 7) is 9.44. The number of benzene rings is 1. The third kappa shape index (κ3) is 3.17. The molecule has 1 heterocycles. The molecule has 3 unspecified atom stereocenters. The van der Waals surface area contributed by atoms with E-state index in [1.165, 1.54) is 37.8 Å². The quantitative estimate of drug-likeness (QED) is 0.880. The van der Waals surface area contributed by atoms with Crippen molar-refractivity contribution in [2.24, 2.45) is 5.92 Å². The van der Waals surface area contributed by atoms with Crippen LogP contribution in [0.1, 0.15) is 58.1 Å². The molecule has 1 aromatic rings. The van der Waals surface area contributed by atoms with Gasteiger partial charge in [-0.05, 0) is 44.6 Å². The molecule has 1 aliphatic heterocycles. The maximum Gasteiger partial charge on any atom is 0.0476 e. The average Bonchev–Trinajstić information content (AvgIpc) is 3.33. The largest absolute Gasteiger partial charge is 0.308 e. The predicted octanol–water partition coefficient (Wildman–Crippen LogP) is 3.99. The maximum absolute atomic E-state index is 3.89. The molecule has 1 aromatic carbocycles. The van der Waals surface area contributed by atoms with Gasteiger partial charge in [0.2, 0.25) is 0 Å². The summed E-state index contributed by atoms with van der Waals surface area (Å²) in [5.41, 5.74) is 1.79. The first-order valence-corrected chi connectivity index (χ1v) is 8.70. The fourth-order valence-corrected chi connectivity index (χ4v) is 4.02. The van der Waals surface area contributed by atoms with Gasteiger partial charge in [0, 0.05) is 30.7 Å². The van der Waals surface area contributed by atoms with Gasteiger partial charge in [-0.3, -0.25) is 4.90 Å². The molecule has 0 aromatic heterocycles. The summed E-state index contributed by atoms with van der Waals surface area (Å²) in [6.07, 6.45) is 5.39. The summed E-state index contributed by atoms with van der Waals surface area (Å²) in [5.74, 6) is 0.894. The summed E-state index contributed by atoms with van der Waals surface area (Å²) >= 11 is 0. The summed E-state index contributed by atoms with van der Waals surface area (Å²) in [4.78, 5) is 2.77. The molecule has 0 radical (unpaired) electrons. The fourth-order valence-electron chi connectivity index (χ4n) is 4.02. The minimum Gasteiger partial charge on any atom is -0.308 e. The monoisotopic (exact) mass is 286 g/mol. The summed E-state index contributed by atoms with van der Waals surface area (Å²) in [5, 5.41) is 3.89. The Kier molecular flexibility index (Phi) is 4.37. The van der Waals surface area contributed by atoms with Crippen LogP contribution in [0.2, 0.25) is 0 Å². The molecule has 1 N–H and O–H groups in total. The second-order valence-electron chi connectivity index (χ2n) is 7.31. The predicted molar refractivity (Wildman–Crippen MR) is 89.4 cm³/mol. The number of nitrogens with one attached hydrogen (secondary N) is 1. The van der Waals surface area contributed by atoms with Crippen molar-refractivity contribution in [3.8, 4) is 0 Å². The molecular formula is C19H30N2. The highest BCUT2D eigenvalue weighted by Crippen LogP contribution is 2.43. The zero-order valence-corrected chi connectivity index (χ0v) is 13.8. The highest BCUT2D eigenvalue weighted by Gasteiger charge is 2.46. The van der Waals surface area contributed by atoms with Crippen molar-refractivity contribution in [1.82, 2.24) is 10.2 Å². The number of nitrogens with zero attached hydrogens (tertiary/aromatic N) is 1. The highest BCUT2D eigenvalue weighted by atomic mass is 15.3. The van der Waals surface area contributed by atoms with E-state index in [0.717, 1.165) is 12.5 Å². The number of hydrogen-bond donors (Lipinski definition) is 1. The summed E-state index contributed by atoms with van der Waals surface area (Å²) < 4.78 is 0. The molecule has 2 nitrogen and oxygen atoms in total. The van der Waals surface area contributed by atoms with Gasteiger partial charge in [0.25, 0.3) is 0 Å². The Balaban J connectivity index is 1.81. The van der Waals surface area contributed by atoms with Crippen LogP contribution in [0, 0.1) is 5.92 Å². The van der Waals surface area contributed by atoms with Crippen LogP contribution in [-0.4, -0.2) is 29.6 Å². The van der Waals surface area contributed by atoms with E-state index in [4.69, 9.17) is 0 Å². The lowest BCUT2D eigenvalue weighted by Gasteiger charge is -2.49. The molecule has 0 bridgehead atoms. The van der Waals surface area contributed by atoms with Gasteiger partial charge in [0.1, 0.15) is 0 Å². The first kappa shape index (κ1) is 15.1. The Labute approximate surface area is 129 Å². The SMILES string of the molecule is CCCC(C)N1CC(C)(C2CC2)NCC1c1ccccc1. The molecule has 1 saturated carbocycles. The minimum atomic E-state index is 0.327. The molecule has 1 aliphatic carbocycles. The molecule has 21 heavy (non-hydrogen) atoms. The van der Waals surface area contributed by atoms with Gasteiger partial charge >= 0.3 is 0 Å².